The van der Waals surface area contributed by atoms with E-state index < -0.39 is 24.2 Å². The van der Waals surface area contributed by atoms with E-state index in [4.69, 9.17) is 14.6 Å². The molecule has 2 aromatic carbocycles. The molecule has 2 rings (SSSR count). The molecule has 2 aromatic rings. The van der Waals surface area contributed by atoms with Gasteiger partial charge in [-0.15, -0.1) is 0 Å². The minimum Gasteiger partial charge on any atom is -0.460 e. The molecule has 0 aliphatic rings. The molecule has 2 atom stereocenters. The van der Waals surface area contributed by atoms with Crippen molar-refractivity contribution in [2.45, 2.75) is 44.9 Å². The van der Waals surface area contributed by atoms with Gasteiger partial charge in [0.25, 0.3) is 0 Å². The molecule has 0 spiro atoms. The van der Waals surface area contributed by atoms with Crippen molar-refractivity contribution in [2.24, 2.45) is 0 Å². The molecule has 0 aliphatic heterocycles. The second-order valence-corrected chi connectivity index (χ2v) is 6.82. The third-order valence-electron chi connectivity index (χ3n) is 4.43. The standard InChI is InChI=1S/C23H27NO6/c1-17(26)30-22(13-8-14-25)20(15-21(27)19-11-6-3-7-12-19)24-23(28)29-16-18-9-4-2-5-10-18/h2-7,9-12,20,22,25H,8,13-16H2,1H3,(H,24,28)/t20-,22-/m0/s1. The van der Waals surface area contributed by atoms with E-state index in [0.717, 1.165) is 5.56 Å². The molecule has 160 valence electrons. The summed E-state index contributed by atoms with van der Waals surface area (Å²) in [5.41, 5.74) is 1.31. The van der Waals surface area contributed by atoms with Gasteiger partial charge in [-0.05, 0) is 18.4 Å². The highest BCUT2D eigenvalue weighted by molar-refractivity contribution is 5.96. The fourth-order valence-electron chi connectivity index (χ4n) is 2.98. The number of Topliss-reactive ketones (excluding diaryl/α,β-unsaturated/α-hetero) is 1. The first-order valence-electron chi connectivity index (χ1n) is 9.83. The second kappa shape index (κ2) is 12.4. The lowest BCUT2D eigenvalue weighted by Gasteiger charge is -2.27. The molecular weight excluding hydrogens is 386 g/mol. The van der Waals surface area contributed by atoms with Crippen LogP contribution in [0, 0.1) is 0 Å². The van der Waals surface area contributed by atoms with Crippen LogP contribution in [0.4, 0.5) is 4.79 Å². The maximum Gasteiger partial charge on any atom is 0.407 e. The minimum atomic E-state index is -0.795. The van der Waals surface area contributed by atoms with Crippen molar-refractivity contribution in [1.82, 2.24) is 5.32 Å². The van der Waals surface area contributed by atoms with Gasteiger partial charge >= 0.3 is 12.1 Å². The third kappa shape index (κ3) is 8.05. The van der Waals surface area contributed by atoms with E-state index in [1.54, 1.807) is 30.3 Å². The lowest BCUT2D eigenvalue weighted by molar-refractivity contribution is -0.148. The molecule has 0 aromatic heterocycles. The first-order chi connectivity index (χ1) is 14.5. The summed E-state index contributed by atoms with van der Waals surface area (Å²) in [6.45, 7) is 1.23. The van der Waals surface area contributed by atoms with E-state index in [9.17, 15) is 14.4 Å². The van der Waals surface area contributed by atoms with Crippen molar-refractivity contribution in [3.05, 3.63) is 71.8 Å². The minimum absolute atomic E-state index is 0.0703. The van der Waals surface area contributed by atoms with Crippen molar-refractivity contribution < 1.29 is 29.0 Å². The van der Waals surface area contributed by atoms with E-state index in [-0.39, 0.29) is 25.4 Å². The Hall–Kier alpha value is -3.19. The third-order valence-corrected chi connectivity index (χ3v) is 4.43. The molecule has 0 radical (unpaired) electrons. The fourth-order valence-corrected chi connectivity index (χ4v) is 2.98. The lowest BCUT2D eigenvalue weighted by Crippen LogP contribution is -2.46. The van der Waals surface area contributed by atoms with Crippen LogP contribution < -0.4 is 5.32 Å². The SMILES string of the molecule is CC(=O)O[C@@H](CCCO)[C@H](CC(=O)c1ccccc1)NC(=O)OCc1ccccc1. The average molecular weight is 413 g/mol. The van der Waals surface area contributed by atoms with Crippen molar-refractivity contribution in [3.8, 4) is 0 Å². The highest BCUT2D eigenvalue weighted by Crippen LogP contribution is 2.15. The lowest BCUT2D eigenvalue weighted by atomic mass is 9.97. The maximum absolute atomic E-state index is 12.7. The molecule has 2 N–H and O–H groups in total. The van der Waals surface area contributed by atoms with E-state index in [1.807, 2.05) is 30.3 Å². The van der Waals surface area contributed by atoms with Gasteiger partial charge in [0, 0.05) is 25.5 Å². The summed E-state index contributed by atoms with van der Waals surface area (Å²) in [5.74, 6) is -0.736. The first kappa shape index (κ1) is 23.1. The van der Waals surface area contributed by atoms with Crippen molar-refractivity contribution in [1.29, 1.82) is 0 Å². The summed E-state index contributed by atoms with van der Waals surface area (Å²) in [4.78, 5) is 36.6. The zero-order valence-electron chi connectivity index (χ0n) is 17.0. The Morgan fingerprint density at radius 2 is 1.63 bits per heavy atom. The van der Waals surface area contributed by atoms with Crippen molar-refractivity contribution >= 4 is 17.8 Å². The summed E-state index contributed by atoms with van der Waals surface area (Å²) < 4.78 is 10.6. The van der Waals surface area contributed by atoms with Gasteiger partial charge in [0.15, 0.2) is 5.78 Å². The van der Waals surface area contributed by atoms with Gasteiger partial charge < -0.3 is 19.9 Å². The number of ketones is 1. The molecule has 0 saturated carbocycles. The molecule has 7 nitrogen and oxygen atoms in total. The molecule has 0 unspecified atom stereocenters. The number of hydrogen-bond donors (Lipinski definition) is 2. The number of ether oxygens (including phenoxy) is 2. The smallest absolute Gasteiger partial charge is 0.407 e. The first-order valence-corrected chi connectivity index (χ1v) is 9.83. The zero-order chi connectivity index (χ0) is 21.8. The molecule has 0 aliphatic carbocycles. The number of aliphatic hydroxyl groups excluding tert-OH is 1. The summed E-state index contributed by atoms with van der Waals surface area (Å²) in [5, 5.41) is 11.8. The van der Waals surface area contributed by atoms with Gasteiger partial charge in [0.05, 0.1) is 6.04 Å². The van der Waals surface area contributed by atoms with Gasteiger partial charge in [0.2, 0.25) is 0 Å². The van der Waals surface area contributed by atoms with Crippen molar-refractivity contribution in [2.75, 3.05) is 6.61 Å². The summed E-state index contributed by atoms with van der Waals surface area (Å²) in [7, 11) is 0. The number of esters is 1. The molecule has 1 amide bonds. The second-order valence-electron chi connectivity index (χ2n) is 6.82. The molecule has 0 heterocycles. The Labute approximate surface area is 176 Å². The number of benzene rings is 2. The topological polar surface area (TPSA) is 102 Å². The number of amides is 1. The number of carbonyl (C=O) groups is 3. The predicted octanol–water partition coefficient (Wildman–Crippen LogP) is 3.26. The van der Waals surface area contributed by atoms with Crippen LogP contribution in [-0.4, -0.2) is 41.7 Å². The highest BCUT2D eigenvalue weighted by Gasteiger charge is 2.29. The van der Waals surface area contributed by atoms with Gasteiger partial charge in [-0.3, -0.25) is 9.59 Å². The van der Waals surface area contributed by atoms with Gasteiger partial charge in [0.1, 0.15) is 12.7 Å². The Morgan fingerprint density at radius 3 is 2.23 bits per heavy atom. The maximum atomic E-state index is 12.7. The Kier molecular flexibility index (Phi) is 9.54. The highest BCUT2D eigenvalue weighted by atomic mass is 16.6. The molecule has 7 heteroatoms. The molecule has 0 saturated heterocycles. The van der Waals surface area contributed by atoms with E-state index in [1.165, 1.54) is 6.92 Å². The van der Waals surface area contributed by atoms with Crippen LogP contribution in [0.25, 0.3) is 0 Å². The van der Waals surface area contributed by atoms with Crippen LogP contribution in [0.2, 0.25) is 0 Å². The zero-order valence-corrected chi connectivity index (χ0v) is 17.0. The monoisotopic (exact) mass is 413 g/mol. The molecular formula is C23H27NO6. The predicted molar refractivity (Wildman–Crippen MR) is 111 cm³/mol. The van der Waals surface area contributed by atoms with Gasteiger partial charge in [-0.1, -0.05) is 60.7 Å². The quantitative estimate of drug-likeness (QED) is 0.433. The summed E-state index contributed by atoms with van der Waals surface area (Å²) in [6, 6.07) is 17.1. The Morgan fingerprint density at radius 1 is 1.00 bits per heavy atom. The summed E-state index contributed by atoms with van der Waals surface area (Å²) >= 11 is 0. The number of nitrogens with one attached hydrogen (secondary N) is 1. The summed E-state index contributed by atoms with van der Waals surface area (Å²) in [6.07, 6.45) is -0.915. The van der Waals surface area contributed by atoms with Crippen LogP contribution in [0.5, 0.6) is 0 Å². The van der Waals surface area contributed by atoms with Crippen LogP contribution in [-0.2, 0) is 20.9 Å². The average Bonchev–Trinajstić information content (AvgIpc) is 2.75. The number of carbonyl (C=O) groups excluding carboxylic acids is 3. The van der Waals surface area contributed by atoms with Gasteiger partial charge in [-0.2, -0.15) is 0 Å². The van der Waals surface area contributed by atoms with Crippen LogP contribution >= 0.6 is 0 Å². The largest absolute Gasteiger partial charge is 0.460 e. The Bertz CT molecular complexity index is 809. The van der Waals surface area contributed by atoms with Crippen LogP contribution in [0.15, 0.2) is 60.7 Å². The molecule has 0 bridgehead atoms. The number of hydrogen-bond acceptors (Lipinski definition) is 6. The van der Waals surface area contributed by atoms with Gasteiger partial charge in [-0.25, -0.2) is 4.79 Å². The molecule has 30 heavy (non-hydrogen) atoms. The number of alkyl carbamates (subject to hydrolysis) is 1. The number of rotatable bonds is 11. The van der Waals surface area contributed by atoms with Crippen LogP contribution in [0.3, 0.4) is 0 Å². The van der Waals surface area contributed by atoms with Crippen molar-refractivity contribution in [3.63, 3.8) is 0 Å². The van der Waals surface area contributed by atoms with Crippen LogP contribution in [0.1, 0.15) is 42.1 Å². The Balaban J connectivity index is 2.10. The number of aliphatic hydroxyl groups is 1. The fraction of sp³-hybridized carbons (Fsp3) is 0.348. The van der Waals surface area contributed by atoms with E-state index >= 15 is 0 Å². The van der Waals surface area contributed by atoms with E-state index in [0.29, 0.717) is 18.4 Å². The van der Waals surface area contributed by atoms with E-state index in [2.05, 4.69) is 5.32 Å². The molecule has 0 fully saturated rings. The normalized spacial score (nSPS) is 12.5.